The summed E-state index contributed by atoms with van der Waals surface area (Å²) < 4.78 is 2.22. The number of unbranched alkanes of at least 4 members (excludes halogenated alkanes) is 18. The van der Waals surface area contributed by atoms with Crippen LogP contribution < -0.4 is 0 Å². The summed E-state index contributed by atoms with van der Waals surface area (Å²) in [7, 11) is 9.76. The summed E-state index contributed by atoms with van der Waals surface area (Å²) in [5.41, 5.74) is 3.14. The van der Waals surface area contributed by atoms with Crippen LogP contribution in [-0.4, -0.2) is 72.5 Å². The maximum atomic E-state index is 9.45. The van der Waals surface area contributed by atoms with E-state index in [0.717, 1.165) is 22.1 Å². The highest BCUT2D eigenvalue weighted by Crippen LogP contribution is 2.21. The average molecular weight is 621 g/mol. The van der Waals surface area contributed by atoms with Crippen molar-refractivity contribution in [2.75, 3.05) is 41.3 Å². The van der Waals surface area contributed by atoms with Crippen molar-refractivity contribution < 1.29 is 24.0 Å². The summed E-state index contributed by atoms with van der Waals surface area (Å²) in [5, 5.41) is 15.8. The maximum Gasteiger partial charge on any atom is 0.332 e. The summed E-state index contributed by atoms with van der Waals surface area (Å²) in [6.45, 7) is 10.7. The fourth-order valence-corrected chi connectivity index (χ4v) is 6.00. The zero-order valence-corrected chi connectivity index (χ0v) is 30.6. The molecule has 0 bridgehead atoms. The molecule has 0 saturated heterocycles. The third-order valence-electron chi connectivity index (χ3n) is 8.91. The van der Waals surface area contributed by atoms with Crippen molar-refractivity contribution >= 4 is 5.97 Å². The maximum absolute atomic E-state index is 9.45. The van der Waals surface area contributed by atoms with Gasteiger partial charge in [-0.1, -0.05) is 141 Å². The molecule has 0 spiro atoms. The molecule has 0 amide bonds. The number of carboxylic acid groups (broad SMARTS) is 1. The molecule has 258 valence electrons. The highest BCUT2D eigenvalue weighted by atomic mass is 16.4. The average Bonchev–Trinajstić information content (AvgIpc) is 2.96. The van der Waals surface area contributed by atoms with Crippen LogP contribution in [0, 0.1) is 0 Å². The standard InChI is InChI=1S/C36H70N2.C3H6O3/c1-7-9-11-13-15-17-19-21-23-27-31-37(3,4)33-35-29-25-26-30-36(35)34-38(5,6)32-28-24-22-20-18-16-14-12-10-8-2;1-2(4)3(5)6/h25-26,29-30H,7-24,27-28,31-34H2,1-6H3;2,4H,1H3,(H,5,6)/q+2;. The van der Waals surface area contributed by atoms with E-state index < -0.39 is 12.1 Å². The first-order valence-corrected chi connectivity index (χ1v) is 18.6. The molecular weight excluding hydrogens is 544 g/mol. The number of aliphatic carboxylic acids is 1. The van der Waals surface area contributed by atoms with Crippen molar-refractivity contribution in [3.05, 3.63) is 35.4 Å². The van der Waals surface area contributed by atoms with Crippen LogP contribution >= 0.6 is 0 Å². The summed E-state index contributed by atoms with van der Waals surface area (Å²) in [6.07, 6.45) is 27.2. The smallest absolute Gasteiger partial charge is 0.332 e. The van der Waals surface area contributed by atoms with E-state index in [1.165, 1.54) is 148 Å². The number of carboxylic acids is 1. The molecule has 0 aliphatic heterocycles. The molecule has 0 aliphatic rings. The Morgan fingerprint density at radius 3 is 1.07 bits per heavy atom. The van der Waals surface area contributed by atoms with Crippen LogP contribution in [0.2, 0.25) is 0 Å². The second-order valence-corrected chi connectivity index (χ2v) is 14.8. The molecule has 0 aromatic heterocycles. The van der Waals surface area contributed by atoms with E-state index >= 15 is 0 Å². The Kier molecular flexibility index (Phi) is 25.9. The van der Waals surface area contributed by atoms with E-state index in [-0.39, 0.29) is 0 Å². The lowest BCUT2D eigenvalue weighted by Crippen LogP contribution is -2.42. The fourth-order valence-electron chi connectivity index (χ4n) is 6.00. The SMILES string of the molecule is CC(O)C(=O)O.CCCCCCCCCCCC[N+](C)(C)Cc1ccccc1C[N+](C)(C)CCCCCCCCCCCC. The number of nitrogens with zero attached hydrogens (tertiary/aromatic N) is 2. The molecule has 5 heteroatoms. The first-order valence-electron chi connectivity index (χ1n) is 18.6. The van der Waals surface area contributed by atoms with Crippen LogP contribution in [0.3, 0.4) is 0 Å². The molecule has 2 N–H and O–H groups in total. The third kappa shape index (κ3) is 25.9. The van der Waals surface area contributed by atoms with Gasteiger partial charge in [0.25, 0.3) is 0 Å². The van der Waals surface area contributed by atoms with Crippen molar-refractivity contribution in [2.45, 2.75) is 168 Å². The predicted molar refractivity (Wildman–Crippen MR) is 191 cm³/mol. The van der Waals surface area contributed by atoms with Crippen molar-refractivity contribution in [2.24, 2.45) is 0 Å². The fraction of sp³-hybridized carbons (Fsp3) is 0.821. The van der Waals surface area contributed by atoms with E-state index in [4.69, 9.17) is 10.2 Å². The van der Waals surface area contributed by atoms with Gasteiger partial charge in [-0.05, 0) is 32.6 Å². The van der Waals surface area contributed by atoms with Crippen molar-refractivity contribution in [3.63, 3.8) is 0 Å². The molecule has 44 heavy (non-hydrogen) atoms. The lowest BCUT2D eigenvalue weighted by Gasteiger charge is -2.33. The van der Waals surface area contributed by atoms with Crippen LogP contribution in [0.4, 0.5) is 0 Å². The van der Waals surface area contributed by atoms with E-state index in [1.807, 2.05) is 0 Å². The first kappa shape index (κ1) is 42.6. The Morgan fingerprint density at radius 1 is 0.568 bits per heavy atom. The number of hydrogen-bond donors (Lipinski definition) is 2. The van der Waals surface area contributed by atoms with Gasteiger partial charge in [0.15, 0.2) is 0 Å². The van der Waals surface area contributed by atoms with E-state index in [2.05, 4.69) is 66.3 Å². The summed E-state index contributed by atoms with van der Waals surface area (Å²) in [4.78, 5) is 9.45. The highest BCUT2D eigenvalue weighted by Gasteiger charge is 2.22. The molecular formula is C39H76N2O3+2. The number of rotatable bonds is 27. The van der Waals surface area contributed by atoms with Gasteiger partial charge in [0.05, 0.1) is 41.3 Å². The Balaban J connectivity index is 0.00000278. The molecule has 1 aromatic rings. The summed E-state index contributed by atoms with van der Waals surface area (Å²) in [5.74, 6) is -1.19. The number of benzene rings is 1. The van der Waals surface area contributed by atoms with Gasteiger partial charge < -0.3 is 19.2 Å². The number of quaternary nitrogens is 2. The quantitative estimate of drug-likeness (QED) is 0.0760. The van der Waals surface area contributed by atoms with Crippen molar-refractivity contribution in [3.8, 4) is 0 Å². The Hall–Kier alpha value is -1.43. The number of aliphatic hydroxyl groups excluding tert-OH is 1. The molecule has 5 nitrogen and oxygen atoms in total. The monoisotopic (exact) mass is 621 g/mol. The van der Waals surface area contributed by atoms with Gasteiger partial charge in [-0.2, -0.15) is 0 Å². The third-order valence-corrected chi connectivity index (χ3v) is 8.91. The largest absolute Gasteiger partial charge is 0.479 e. The van der Waals surface area contributed by atoms with Crippen LogP contribution in [-0.2, 0) is 17.9 Å². The Morgan fingerprint density at radius 2 is 0.818 bits per heavy atom. The topological polar surface area (TPSA) is 57.5 Å². The van der Waals surface area contributed by atoms with Crippen molar-refractivity contribution in [1.82, 2.24) is 0 Å². The van der Waals surface area contributed by atoms with Gasteiger partial charge in [0, 0.05) is 11.1 Å². The van der Waals surface area contributed by atoms with E-state index in [1.54, 1.807) is 11.1 Å². The van der Waals surface area contributed by atoms with Crippen molar-refractivity contribution in [1.29, 1.82) is 0 Å². The molecule has 0 saturated carbocycles. The minimum atomic E-state index is -1.23. The number of hydrogen-bond acceptors (Lipinski definition) is 2. The molecule has 0 fully saturated rings. The minimum absolute atomic E-state index is 1.11. The second kappa shape index (κ2) is 26.8. The molecule has 1 rings (SSSR count). The predicted octanol–water partition coefficient (Wildman–Crippen LogP) is 10.1. The lowest BCUT2D eigenvalue weighted by atomic mass is 10.0. The molecule has 0 aliphatic carbocycles. The number of carbonyl (C=O) groups is 1. The number of aliphatic hydroxyl groups is 1. The van der Waals surface area contributed by atoms with Crippen LogP contribution in [0.25, 0.3) is 0 Å². The van der Waals surface area contributed by atoms with E-state index in [9.17, 15) is 4.79 Å². The lowest BCUT2D eigenvalue weighted by molar-refractivity contribution is -0.907. The molecule has 0 heterocycles. The normalized spacial score (nSPS) is 12.5. The first-order chi connectivity index (χ1) is 20.9. The van der Waals surface area contributed by atoms with Gasteiger partial charge in [-0.25, -0.2) is 4.79 Å². The van der Waals surface area contributed by atoms with Crippen LogP contribution in [0.1, 0.15) is 160 Å². The zero-order chi connectivity index (χ0) is 33.1. The highest BCUT2D eigenvalue weighted by molar-refractivity contribution is 5.71. The summed E-state index contributed by atoms with van der Waals surface area (Å²) >= 11 is 0. The van der Waals surface area contributed by atoms with Gasteiger partial charge in [0.2, 0.25) is 0 Å². The molecule has 1 atom stereocenters. The zero-order valence-electron chi connectivity index (χ0n) is 30.6. The van der Waals surface area contributed by atoms with E-state index in [0.29, 0.717) is 0 Å². The minimum Gasteiger partial charge on any atom is -0.479 e. The van der Waals surface area contributed by atoms with Gasteiger partial charge in [0.1, 0.15) is 19.2 Å². The molecule has 1 aromatic carbocycles. The Labute approximate surface area is 274 Å². The van der Waals surface area contributed by atoms with Crippen LogP contribution in [0.15, 0.2) is 24.3 Å². The van der Waals surface area contributed by atoms with Gasteiger partial charge in [-0.15, -0.1) is 0 Å². The van der Waals surface area contributed by atoms with Gasteiger partial charge >= 0.3 is 5.97 Å². The Bertz CT molecular complexity index is 749. The van der Waals surface area contributed by atoms with Gasteiger partial charge in [-0.3, -0.25) is 0 Å². The molecule has 0 radical (unpaired) electrons. The summed E-state index contributed by atoms with van der Waals surface area (Å²) in [6, 6.07) is 9.30. The van der Waals surface area contributed by atoms with Crippen LogP contribution in [0.5, 0.6) is 0 Å². The molecule has 1 unspecified atom stereocenters. The second-order valence-electron chi connectivity index (χ2n) is 14.8.